The van der Waals surface area contributed by atoms with E-state index >= 15 is 0 Å². The molecular weight excluding hydrogens is 456 g/mol. The third kappa shape index (κ3) is 2.95. The number of aliphatic hydroxyl groups excluding tert-OH is 6. The fourth-order valence-corrected chi connectivity index (χ4v) is 10.9. The highest BCUT2D eigenvalue weighted by Crippen LogP contribution is 2.75. The topological polar surface area (TPSA) is 121 Å². The Morgan fingerprint density at radius 2 is 1.44 bits per heavy atom. The lowest BCUT2D eigenvalue weighted by molar-refractivity contribution is -0.259. The second-order valence-corrected chi connectivity index (χ2v) is 15.1. The highest BCUT2D eigenvalue weighted by molar-refractivity contribution is 5.36. The zero-order valence-electron chi connectivity index (χ0n) is 23.2. The van der Waals surface area contributed by atoms with Crippen LogP contribution in [0.25, 0.3) is 0 Å². The first kappa shape index (κ1) is 27.1. The maximum Gasteiger partial charge on any atom is 0.0913 e. The molecule has 4 saturated carbocycles. The molecule has 5 rings (SSSR count). The minimum atomic E-state index is -1.19. The normalized spacial score (nSPS) is 58.1. The zero-order valence-corrected chi connectivity index (χ0v) is 23.2. The van der Waals surface area contributed by atoms with Gasteiger partial charge in [0.2, 0.25) is 0 Å². The summed E-state index contributed by atoms with van der Waals surface area (Å²) in [5, 5.41) is 66.1. The fourth-order valence-electron chi connectivity index (χ4n) is 10.9. The van der Waals surface area contributed by atoms with Gasteiger partial charge in [-0.2, -0.15) is 0 Å². The average molecular weight is 507 g/mol. The molecule has 6 N–H and O–H groups in total. The van der Waals surface area contributed by atoms with Gasteiger partial charge in [-0.3, -0.25) is 0 Å². The maximum atomic E-state index is 11.8. The average Bonchev–Trinajstić information content (AvgIpc) is 2.81. The standard InChI is InChI=1S/C30H50O6/c1-25(2)13-18-17-7-8-20-26(3)11-10-21(33)27(4,15-31)19(26)9-12-28(20,5)29(17,6)14-22(34)30(18,16-32)24(36)23(25)35/h7,18-24,31-36H,8-16H2,1-6H3/t18-,19+,20+,21-,22-,23-,24-,26-,27-,28+,29+,30-/m0/s1. The van der Waals surface area contributed by atoms with E-state index in [4.69, 9.17) is 0 Å². The van der Waals surface area contributed by atoms with Crippen LogP contribution in [0.2, 0.25) is 0 Å². The van der Waals surface area contributed by atoms with Crippen molar-refractivity contribution in [2.24, 2.45) is 50.2 Å². The highest BCUT2D eigenvalue weighted by atomic mass is 16.3. The first-order valence-electron chi connectivity index (χ1n) is 14.2. The van der Waals surface area contributed by atoms with Crippen LogP contribution in [0, 0.1) is 50.2 Å². The Morgan fingerprint density at radius 3 is 2.06 bits per heavy atom. The molecule has 12 atom stereocenters. The Bertz CT molecular complexity index is 932. The summed E-state index contributed by atoms with van der Waals surface area (Å²) >= 11 is 0. The van der Waals surface area contributed by atoms with E-state index < -0.39 is 40.7 Å². The van der Waals surface area contributed by atoms with Gasteiger partial charge in [0.25, 0.3) is 0 Å². The van der Waals surface area contributed by atoms with E-state index in [-0.39, 0.29) is 41.3 Å². The number of allylic oxidation sites excluding steroid dienone is 2. The van der Waals surface area contributed by atoms with Gasteiger partial charge in [-0.05, 0) is 84.4 Å². The minimum Gasteiger partial charge on any atom is -0.396 e. The van der Waals surface area contributed by atoms with E-state index in [2.05, 4.69) is 33.8 Å². The van der Waals surface area contributed by atoms with Gasteiger partial charge in [0.15, 0.2) is 0 Å². The van der Waals surface area contributed by atoms with Gasteiger partial charge >= 0.3 is 0 Å². The molecular formula is C30H50O6. The van der Waals surface area contributed by atoms with Crippen LogP contribution in [0.1, 0.15) is 86.5 Å². The molecule has 0 spiro atoms. The smallest absolute Gasteiger partial charge is 0.0913 e. The first-order valence-corrected chi connectivity index (χ1v) is 14.2. The van der Waals surface area contributed by atoms with Crippen molar-refractivity contribution in [1.29, 1.82) is 0 Å². The van der Waals surface area contributed by atoms with Crippen LogP contribution in [0.15, 0.2) is 11.6 Å². The third-order valence-corrected chi connectivity index (χ3v) is 13.5. The van der Waals surface area contributed by atoms with Crippen LogP contribution in [-0.4, -0.2) is 68.3 Å². The molecule has 0 radical (unpaired) electrons. The predicted octanol–water partition coefficient (Wildman–Crippen LogP) is 3.03. The van der Waals surface area contributed by atoms with Crippen molar-refractivity contribution < 1.29 is 30.6 Å². The van der Waals surface area contributed by atoms with Crippen molar-refractivity contribution in [3.05, 3.63) is 11.6 Å². The minimum absolute atomic E-state index is 0.00861. The van der Waals surface area contributed by atoms with Crippen LogP contribution in [-0.2, 0) is 0 Å². The number of hydrogen-bond donors (Lipinski definition) is 6. The van der Waals surface area contributed by atoms with Gasteiger partial charge in [0, 0.05) is 5.41 Å². The van der Waals surface area contributed by atoms with Crippen molar-refractivity contribution in [1.82, 2.24) is 0 Å². The SMILES string of the molecule is CC1(C)C[C@H]2C3=CC[C@@H]4[C@@]5(C)CC[C@H](O)[C@@](C)(CO)[C@@H]5CC[C@@]4(C)[C@]3(C)C[C@H](O)[C@@]2(CO)[C@@H](O)[C@@H]1O. The molecule has 0 heterocycles. The molecule has 0 saturated heterocycles. The van der Waals surface area contributed by atoms with Crippen molar-refractivity contribution in [2.75, 3.05) is 13.2 Å². The lowest BCUT2D eigenvalue weighted by Crippen LogP contribution is -2.71. The maximum absolute atomic E-state index is 11.8. The van der Waals surface area contributed by atoms with Gasteiger partial charge in [-0.15, -0.1) is 0 Å². The summed E-state index contributed by atoms with van der Waals surface area (Å²) in [6.07, 6.45) is 4.21. The molecule has 5 aliphatic rings. The van der Waals surface area contributed by atoms with Crippen LogP contribution < -0.4 is 0 Å². The molecule has 6 nitrogen and oxygen atoms in total. The second-order valence-electron chi connectivity index (χ2n) is 15.1. The van der Waals surface area contributed by atoms with E-state index in [1.165, 1.54) is 5.57 Å². The Labute approximate surface area is 216 Å². The summed E-state index contributed by atoms with van der Waals surface area (Å²) in [6, 6.07) is 0. The predicted molar refractivity (Wildman–Crippen MR) is 138 cm³/mol. The molecule has 206 valence electrons. The number of aliphatic hydroxyl groups is 6. The molecule has 0 aromatic carbocycles. The highest BCUT2D eigenvalue weighted by Gasteiger charge is 2.72. The Morgan fingerprint density at radius 1 is 0.778 bits per heavy atom. The summed E-state index contributed by atoms with van der Waals surface area (Å²) < 4.78 is 0. The van der Waals surface area contributed by atoms with Crippen LogP contribution in [0.5, 0.6) is 0 Å². The van der Waals surface area contributed by atoms with E-state index in [9.17, 15) is 30.6 Å². The summed E-state index contributed by atoms with van der Waals surface area (Å²) in [5.74, 6) is 0.367. The zero-order chi connectivity index (χ0) is 26.7. The molecule has 0 aliphatic heterocycles. The van der Waals surface area contributed by atoms with Gasteiger partial charge in [-0.25, -0.2) is 0 Å². The van der Waals surface area contributed by atoms with Crippen molar-refractivity contribution in [3.63, 3.8) is 0 Å². The van der Waals surface area contributed by atoms with E-state index in [0.717, 1.165) is 25.7 Å². The van der Waals surface area contributed by atoms with Crippen LogP contribution >= 0.6 is 0 Å². The van der Waals surface area contributed by atoms with Crippen molar-refractivity contribution in [2.45, 2.75) is 111 Å². The summed E-state index contributed by atoms with van der Waals surface area (Å²) in [6.45, 7) is 12.7. The molecule has 0 amide bonds. The monoisotopic (exact) mass is 506 g/mol. The molecule has 4 fully saturated rings. The Hall–Kier alpha value is -0.500. The third-order valence-electron chi connectivity index (χ3n) is 13.5. The van der Waals surface area contributed by atoms with Crippen molar-refractivity contribution in [3.8, 4) is 0 Å². The Kier molecular flexibility index (Phi) is 6.03. The molecule has 6 heteroatoms. The van der Waals surface area contributed by atoms with Gasteiger partial charge in [-0.1, -0.05) is 53.2 Å². The first-order chi connectivity index (χ1) is 16.6. The molecule has 0 unspecified atom stereocenters. The largest absolute Gasteiger partial charge is 0.396 e. The molecule has 36 heavy (non-hydrogen) atoms. The quantitative estimate of drug-likeness (QED) is 0.320. The van der Waals surface area contributed by atoms with E-state index in [1.807, 2.05) is 13.8 Å². The lowest BCUT2D eigenvalue weighted by atomic mass is 9.33. The molecule has 0 aromatic heterocycles. The number of hydrogen-bond acceptors (Lipinski definition) is 6. The second kappa shape index (κ2) is 8.02. The lowest BCUT2D eigenvalue weighted by Gasteiger charge is -2.72. The van der Waals surface area contributed by atoms with Gasteiger partial charge < -0.3 is 30.6 Å². The van der Waals surface area contributed by atoms with E-state index in [0.29, 0.717) is 25.2 Å². The van der Waals surface area contributed by atoms with Crippen molar-refractivity contribution >= 4 is 0 Å². The summed E-state index contributed by atoms with van der Waals surface area (Å²) in [5.41, 5.74) is -1.40. The van der Waals surface area contributed by atoms with Gasteiger partial charge in [0.1, 0.15) is 0 Å². The van der Waals surface area contributed by atoms with Crippen LogP contribution in [0.3, 0.4) is 0 Å². The molecule has 0 aromatic rings. The van der Waals surface area contributed by atoms with Gasteiger partial charge in [0.05, 0.1) is 43.0 Å². The number of fused-ring (bicyclic) bond motifs is 7. The molecule has 5 aliphatic carbocycles. The fraction of sp³-hybridized carbons (Fsp3) is 0.933. The van der Waals surface area contributed by atoms with E-state index in [1.54, 1.807) is 0 Å². The summed E-state index contributed by atoms with van der Waals surface area (Å²) in [7, 11) is 0. The Balaban J connectivity index is 1.63. The van der Waals surface area contributed by atoms with Crippen LogP contribution in [0.4, 0.5) is 0 Å². The molecule has 0 bridgehead atoms. The number of rotatable bonds is 2. The summed E-state index contributed by atoms with van der Waals surface area (Å²) in [4.78, 5) is 0.